The number of benzene rings is 2. The first-order chi connectivity index (χ1) is 10.8. The summed E-state index contributed by atoms with van der Waals surface area (Å²) in [4.78, 5) is 12.8. The highest BCUT2D eigenvalue weighted by Crippen LogP contribution is 2.20. The molecule has 0 aliphatic rings. The molecule has 1 amide bonds. The Kier molecular flexibility index (Phi) is 6.06. The molecule has 0 aliphatic heterocycles. The van der Waals surface area contributed by atoms with Gasteiger partial charge in [0.05, 0.1) is 10.6 Å². The van der Waals surface area contributed by atoms with Gasteiger partial charge in [0.1, 0.15) is 0 Å². The monoisotopic (exact) mass is 370 g/mol. The number of carbonyl (C=O) groups is 1. The minimum Gasteiger partial charge on any atom is -0.351 e. The Bertz CT molecular complexity index is 775. The van der Waals surface area contributed by atoms with Crippen LogP contribution in [0.3, 0.4) is 0 Å². The Morgan fingerprint density at radius 1 is 1.09 bits per heavy atom. The molecule has 0 saturated carbocycles. The highest BCUT2D eigenvalue weighted by molar-refractivity contribution is 8.00. The van der Waals surface area contributed by atoms with E-state index >= 15 is 0 Å². The third kappa shape index (κ3) is 5.87. The number of hydrogen-bond acceptors (Lipinski definition) is 4. The first-order valence-corrected chi connectivity index (χ1v) is 9.52. The summed E-state index contributed by atoms with van der Waals surface area (Å²) in [5, 5.41) is 8.45. The molecule has 0 aromatic heterocycles. The third-order valence-corrected chi connectivity index (χ3v) is 5.12. The molecule has 23 heavy (non-hydrogen) atoms. The lowest BCUT2D eigenvalue weighted by Crippen LogP contribution is -2.24. The second kappa shape index (κ2) is 7.83. The van der Waals surface area contributed by atoms with Crippen molar-refractivity contribution in [2.75, 3.05) is 5.75 Å². The highest BCUT2D eigenvalue weighted by atomic mass is 35.5. The predicted octanol–water partition coefficient (Wildman–Crippen LogP) is 2.40. The number of carbonyl (C=O) groups excluding carboxylic acids is 1. The van der Waals surface area contributed by atoms with E-state index in [4.69, 9.17) is 16.7 Å². The van der Waals surface area contributed by atoms with Crippen LogP contribution in [0, 0.1) is 0 Å². The van der Waals surface area contributed by atoms with Gasteiger partial charge >= 0.3 is 0 Å². The van der Waals surface area contributed by atoms with Crippen LogP contribution in [-0.2, 0) is 21.4 Å². The molecular formula is C15H15ClN2O3S2. The maximum absolute atomic E-state index is 11.8. The number of halogens is 1. The minimum absolute atomic E-state index is 0.0471. The normalized spacial score (nSPS) is 11.2. The highest BCUT2D eigenvalue weighted by Gasteiger charge is 2.07. The maximum atomic E-state index is 11.8. The summed E-state index contributed by atoms with van der Waals surface area (Å²) in [6.45, 7) is 0.324. The molecular weight excluding hydrogens is 356 g/mol. The molecule has 0 unspecified atom stereocenters. The lowest BCUT2D eigenvalue weighted by Gasteiger charge is -2.06. The van der Waals surface area contributed by atoms with Gasteiger partial charge < -0.3 is 5.32 Å². The van der Waals surface area contributed by atoms with Crippen molar-refractivity contribution in [2.24, 2.45) is 5.14 Å². The molecule has 0 fully saturated rings. The standard InChI is InChI=1S/C15H15ClN2O3S2/c16-12-3-5-13(6-4-12)22-10-15(19)18-9-11-1-7-14(8-2-11)23(17,20)21/h1-8H,9-10H2,(H,18,19)(H2,17,20,21). The molecule has 8 heteroatoms. The van der Waals surface area contributed by atoms with E-state index in [-0.39, 0.29) is 16.6 Å². The molecule has 0 aliphatic carbocycles. The molecule has 2 aromatic rings. The first-order valence-electron chi connectivity index (χ1n) is 6.61. The van der Waals surface area contributed by atoms with Gasteiger partial charge in [-0.2, -0.15) is 0 Å². The van der Waals surface area contributed by atoms with Gasteiger partial charge in [0, 0.05) is 16.5 Å². The van der Waals surface area contributed by atoms with Crippen molar-refractivity contribution < 1.29 is 13.2 Å². The van der Waals surface area contributed by atoms with Gasteiger partial charge in [-0.05, 0) is 42.0 Å². The fourth-order valence-electron chi connectivity index (χ4n) is 1.73. The van der Waals surface area contributed by atoms with E-state index in [2.05, 4.69) is 5.32 Å². The maximum Gasteiger partial charge on any atom is 0.238 e. The largest absolute Gasteiger partial charge is 0.351 e. The fraction of sp³-hybridized carbons (Fsp3) is 0.133. The summed E-state index contributed by atoms with van der Waals surface area (Å²) in [6.07, 6.45) is 0. The number of nitrogens with one attached hydrogen (secondary N) is 1. The number of thioether (sulfide) groups is 1. The number of amides is 1. The van der Waals surface area contributed by atoms with Crippen LogP contribution in [0.4, 0.5) is 0 Å². The second-order valence-corrected chi connectivity index (χ2v) is 7.75. The zero-order chi connectivity index (χ0) is 16.9. The molecule has 0 radical (unpaired) electrons. The second-order valence-electron chi connectivity index (χ2n) is 4.71. The molecule has 122 valence electrons. The van der Waals surface area contributed by atoms with E-state index in [0.29, 0.717) is 11.6 Å². The van der Waals surface area contributed by atoms with Crippen molar-refractivity contribution in [3.05, 3.63) is 59.1 Å². The van der Waals surface area contributed by atoms with Crippen molar-refractivity contribution in [1.29, 1.82) is 0 Å². The van der Waals surface area contributed by atoms with E-state index in [1.165, 1.54) is 23.9 Å². The SMILES string of the molecule is NS(=O)(=O)c1ccc(CNC(=O)CSc2ccc(Cl)cc2)cc1. The molecule has 2 aromatic carbocycles. The van der Waals surface area contributed by atoms with E-state index in [9.17, 15) is 13.2 Å². The Labute approximate surface area is 144 Å². The van der Waals surface area contributed by atoms with Crippen molar-refractivity contribution in [2.45, 2.75) is 16.3 Å². The zero-order valence-corrected chi connectivity index (χ0v) is 14.4. The number of hydrogen-bond donors (Lipinski definition) is 2. The van der Waals surface area contributed by atoms with Crippen LogP contribution >= 0.6 is 23.4 Å². The van der Waals surface area contributed by atoms with Crippen molar-refractivity contribution in [3.63, 3.8) is 0 Å². The van der Waals surface area contributed by atoms with Crippen LogP contribution in [0.1, 0.15) is 5.56 Å². The van der Waals surface area contributed by atoms with Gasteiger partial charge in [-0.1, -0.05) is 23.7 Å². The fourth-order valence-corrected chi connectivity index (χ4v) is 3.10. The number of nitrogens with two attached hydrogens (primary N) is 1. The quantitative estimate of drug-likeness (QED) is 0.764. The van der Waals surface area contributed by atoms with E-state index in [1.54, 1.807) is 24.3 Å². The molecule has 0 spiro atoms. The van der Waals surface area contributed by atoms with Gasteiger partial charge in [0.25, 0.3) is 0 Å². The lowest BCUT2D eigenvalue weighted by molar-refractivity contribution is -0.118. The molecule has 0 atom stereocenters. The summed E-state index contributed by atoms with van der Waals surface area (Å²) in [5.74, 6) is 0.178. The van der Waals surface area contributed by atoms with Crippen molar-refractivity contribution in [1.82, 2.24) is 5.32 Å². The lowest BCUT2D eigenvalue weighted by atomic mass is 10.2. The van der Waals surface area contributed by atoms with Gasteiger partial charge in [-0.25, -0.2) is 13.6 Å². The summed E-state index contributed by atoms with van der Waals surface area (Å²) in [6, 6.07) is 13.3. The Morgan fingerprint density at radius 3 is 2.26 bits per heavy atom. The first kappa shape index (κ1) is 17.8. The average Bonchev–Trinajstić information content (AvgIpc) is 2.52. The smallest absolute Gasteiger partial charge is 0.238 e. The summed E-state index contributed by atoms with van der Waals surface area (Å²) < 4.78 is 22.3. The van der Waals surface area contributed by atoms with Gasteiger partial charge in [-0.3, -0.25) is 4.79 Å². The predicted molar refractivity (Wildman–Crippen MR) is 91.8 cm³/mol. The van der Waals surface area contributed by atoms with Crippen LogP contribution in [0.15, 0.2) is 58.3 Å². The van der Waals surface area contributed by atoms with Crippen LogP contribution in [0.5, 0.6) is 0 Å². The van der Waals surface area contributed by atoms with Gasteiger partial charge in [-0.15, -0.1) is 11.8 Å². The van der Waals surface area contributed by atoms with Crippen LogP contribution in [0.25, 0.3) is 0 Å². The molecule has 0 saturated heterocycles. The van der Waals surface area contributed by atoms with Crippen molar-refractivity contribution in [3.8, 4) is 0 Å². The van der Waals surface area contributed by atoms with E-state index in [1.807, 2.05) is 12.1 Å². The van der Waals surface area contributed by atoms with E-state index < -0.39 is 10.0 Å². The van der Waals surface area contributed by atoms with Crippen LogP contribution < -0.4 is 10.5 Å². The Balaban J connectivity index is 1.81. The number of rotatable bonds is 6. The van der Waals surface area contributed by atoms with Crippen LogP contribution in [0.2, 0.25) is 5.02 Å². The molecule has 2 rings (SSSR count). The molecule has 0 bridgehead atoms. The van der Waals surface area contributed by atoms with Gasteiger partial charge in [0.15, 0.2) is 0 Å². The topological polar surface area (TPSA) is 89.3 Å². The summed E-state index contributed by atoms with van der Waals surface area (Å²) in [5.41, 5.74) is 0.794. The van der Waals surface area contributed by atoms with Gasteiger partial charge in [0.2, 0.25) is 15.9 Å². The third-order valence-electron chi connectivity index (χ3n) is 2.93. The zero-order valence-electron chi connectivity index (χ0n) is 12.0. The summed E-state index contributed by atoms with van der Waals surface area (Å²) in [7, 11) is -3.69. The summed E-state index contributed by atoms with van der Waals surface area (Å²) >= 11 is 7.21. The minimum atomic E-state index is -3.69. The Hall–Kier alpha value is -1.54. The Morgan fingerprint density at radius 2 is 1.70 bits per heavy atom. The van der Waals surface area contributed by atoms with Crippen molar-refractivity contribution >= 4 is 39.3 Å². The van der Waals surface area contributed by atoms with E-state index in [0.717, 1.165) is 10.5 Å². The number of sulfonamides is 1. The van der Waals surface area contributed by atoms with Crippen LogP contribution in [-0.4, -0.2) is 20.1 Å². The average molecular weight is 371 g/mol. The number of primary sulfonamides is 1. The molecule has 5 nitrogen and oxygen atoms in total. The molecule has 0 heterocycles. The molecule has 3 N–H and O–H groups in total.